The molecule has 0 atom stereocenters. The van der Waals surface area contributed by atoms with E-state index < -0.39 is 11.2 Å². The number of anilines is 1. The molecular formula is C19H11N5O2. The second-order valence-electron chi connectivity index (χ2n) is 5.61. The number of nitrogens with two attached hydrogens (primary N) is 1. The van der Waals surface area contributed by atoms with E-state index in [4.69, 9.17) is 5.73 Å². The smallest absolute Gasteiger partial charge is 0.231 e. The Morgan fingerprint density at radius 3 is 2.50 bits per heavy atom. The van der Waals surface area contributed by atoms with E-state index in [0.29, 0.717) is 16.5 Å². The van der Waals surface area contributed by atoms with E-state index in [-0.39, 0.29) is 22.7 Å². The number of carbonyl (C=O) groups excluding carboxylic acids is 1. The molecular weight excluding hydrogens is 330 g/mol. The minimum absolute atomic E-state index is 0.0262. The van der Waals surface area contributed by atoms with Crippen LogP contribution in [0.4, 0.5) is 5.82 Å². The van der Waals surface area contributed by atoms with Crippen LogP contribution in [0.25, 0.3) is 16.6 Å². The molecule has 26 heavy (non-hydrogen) atoms. The molecule has 0 unspecified atom stereocenters. The fraction of sp³-hybridized carbons (Fsp3) is 0. The quantitative estimate of drug-likeness (QED) is 0.440. The Hall–Kier alpha value is -4.05. The topological polar surface area (TPSA) is 114 Å². The fourth-order valence-corrected chi connectivity index (χ4v) is 2.81. The van der Waals surface area contributed by atoms with Gasteiger partial charge in [0.05, 0.1) is 5.52 Å². The third kappa shape index (κ3) is 2.21. The summed E-state index contributed by atoms with van der Waals surface area (Å²) < 4.78 is 1.32. The Bertz CT molecular complexity index is 1290. The van der Waals surface area contributed by atoms with Crippen molar-refractivity contribution in [2.45, 2.75) is 0 Å². The van der Waals surface area contributed by atoms with Crippen LogP contribution in [0.2, 0.25) is 0 Å². The van der Waals surface area contributed by atoms with Crippen LogP contribution in [0.15, 0.2) is 59.4 Å². The van der Waals surface area contributed by atoms with Crippen LogP contribution in [0.5, 0.6) is 0 Å². The monoisotopic (exact) mass is 341 g/mol. The molecule has 0 bridgehead atoms. The summed E-state index contributed by atoms with van der Waals surface area (Å²) in [7, 11) is 0. The van der Waals surface area contributed by atoms with Gasteiger partial charge in [-0.1, -0.05) is 42.5 Å². The summed E-state index contributed by atoms with van der Waals surface area (Å²) in [6.45, 7) is 0. The number of ketones is 1. The molecule has 2 heterocycles. The van der Waals surface area contributed by atoms with Crippen molar-refractivity contribution in [3.05, 3.63) is 81.6 Å². The van der Waals surface area contributed by atoms with E-state index in [1.54, 1.807) is 54.6 Å². The number of nitrogens with zero attached hydrogens (tertiary/aromatic N) is 4. The molecule has 2 N–H and O–H groups in total. The van der Waals surface area contributed by atoms with E-state index in [1.807, 2.05) is 6.07 Å². The third-order valence-corrected chi connectivity index (χ3v) is 4.06. The number of aromatic nitrogens is 3. The highest BCUT2D eigenvalue weighted by atomic mass is 16.1. The van der Waals surface area contributed by atoms with Gasteiger partial charge in [0.1, 0.15) is 17.5 Å². The molecule has 0 amide bonds. The van der Waals surface area contributed by atoms with Crippen LogP contribution >= 0.6 is 0 Å². The van der Waals surface area contributed by atoms with Crippen molar-refractivity contribution < 1.29 is 4.79 Å². The number of benzene rings is 2. The van der Waals surface area contributed by atoms with Gasteiger partial charge in [-0.2, -0.15) is 10.4 Å². The summed E-state index contributed by atoms with van der Waals surface area (Å²) in [5.74, 6) is -0.372. The summed E-state index contributed by atoms with van der Waals surface area (Å²) in [6, 6.07) is 17.2. The van der Waals surface area contributed by atoms with Crippen molar-refractivity contribution in [3.63, 3.8) is 0 Å². The molecule has 0 radical (unpaired) electrons. The predicted molar refractivity (Wildman–Crippen MR) is 95.8 cm³/mol. The maximum Gasteiger partial charge on any atom is 0.231 e. The molecule has 4 rings (SSSR count). The Labute approximate surface area is 146 Å². The van der Waals surface area contributed by atoms with Crippen LogP contribution in [0, 0.1) is 11.3 Å². The van der Waals surface area contributed by atoms with Gasteiger partial charge in [0, 0.05) is 10.9 Å². The van der Waals surface area contributed by atoms with Gasteiger partial charge in [0.15, 0.2) is 11.3 Å². The largest absolute Gasteiger partial charge is 0.383 e. The van der Waals surface area contributed by atoms with Crippen molar-refractivity contribution in [2.75, 3.05) is 5.73 Å². The Morgan fingerprint density at radius 1 is 1.08 bits per heavy atom. The van der Waals surface area contributed by atoms with Crippen LogP contribution in [-0.2, 0) is 0 Å². The predicted octanol–water partition coefficient (Wildman–Crippen LogP) is 1.93. The van der Waals surface area contributed by atoms with Crippen molar-refractivity contribution in [1.82, 2.24) is 14.6 Å². The zero-order chi connectivity index (χ0) is 18.3. The number of carbonyl (C=O) groups is 1. The van der Waals surface area contributed by atoms with E-state index in [9.17, 15) is 14.9 Å². The number of nitriles is 1. The van der Waals surface area contributed by atoms with Crippen LogP contribution in [0.1, 0.15) is 21.6 Å². The van der Waals surface area contributed by atoms with Crippen LogP contribution in [0.3, 0.4) is 0 Å². The molecule has 0 aliphatic rings. The zero-order valence-corrected chi connectivity index (χ0v) is 13.4. The Kier molecular flexibility index (Phi) is 3.45. The SMILES string of the molecule is N#Cc1c(=O)c(C(=O)c2ccccc2)nn2c1nc(N)c1ccccc12. The summed E-state index contributed by atoms with van der Waals surface area (Å²) >= 11 is 0. The number of fused-ring (bicyclic) bond motifs is 3. The second kappa shape index (κ2) is 5.79. The molecule has 0 aliphatic carbocycles. The minimum atomic E-state index is -0.761. The van der Waals surface area contributed by atoms with Gasteiger partial charge in [-0.25, -0.2) is 9.50 Å². The summed E-state index contributed by atoms with van der Waals surface area (Å²) in [5, 5.41) is 14.3. The molecule has 0 saturated heterocycles. The van der Waals surface area contributed by atoms with E-state index in [2.05, 4.69) is 10.1 Å². The molecule has 2 aromatic heterocycles. The van der Waals surface area contributed by atoms with Crippen LogP contribution < -0.4 is 11.2 Å². The molecule has 0 saturated carbocycles. The molecule has 124 valence electrons. The standard InChI is InChI=1S/C19H11N5O2/c20-10-13-17(26)15(16(25)11-6-2-1-3-7-11)23-24-14-9-5-4-8-12(14)18(21)22-19(13)24/h1-9H,(H2,21,22). The molecule has 7 nitrogen and oxygen atoms in total. The Balaban J connectivity index is 2.14. The first kappa shape index (κ1) is 15.5. The van der Waals surface area contributed by atoms with Gasteiger partial charge in [-0.05, 0) is 12.1 Å². The van der Waals surface area contributed by atoms with Gasteiger partial charge >= 0.3 is 0 Å². The highest BCUT2D eigenvalue weighted by molar-refractivity contribution is 6.08. The van der Waals surface area contributed by atoms with Gasteiger partial charge in [-0.3, -0.25) is 9.59 Å². The first-order valence-electron chi connectivity index (χ1n) is 7.73. The average molecular weight is 341 g/mol. The molecule has 4 aromatic rings. The van der Waals surface area contributed by atoms with E-state index >= 15 is 0 Å². The van der Waals surface area contributed by atoms with Gasteiger partial charge in [0.2, 0.25) is 11.2 Å². The molecule has 0 spiro atoms. The lowest BCUT2D eigenvalue weighted by Gasteiger charge is -2.10. The highest BCUT2D eigenvalue weighted by Crippen LogP contribution is 2.21. The van der Waals surface area contributed by atoms with Gasteiger partial charge in [0.25, 0.3) is 0 Å². The van der Waals surface area contributed by atoms with E-state index in [1.165, 1.54) is 4.52 Å². The van der Waals surface area contributed by atoms with Gasteiger partial charge in [-0.15, -0.1) is 0 Å². The fourth-order valence-electron chi connectivity index (χ4n) is 2.81. The first-order chi connectivity index (χ1) is 12.6. The van der Waals surface area contributed by atoms with Crippen molar-refractivity contribution in [1.29, 1.82) is 5.26 Å². The number of hydrogen-bond acceptors (Lipinski definition) is 6. The number of nitrogen functional groups attached to an aromatic ring is 1. The van der Waals surface area contributed by atoms with E-state index in [0.717, 1.165) is 0 Å². The summed E-state index contributed by atoms with van der Waals surface area (Å²) in [6.07, 6.45) is 0. The second-order valence-corrected chi connectivity index (χ2v) is 5.61. The van der Waals surface area contributed by atoms with Crippen molar-refractivity contribution in [2.24, 2.45) is 0 Å². The summed E-state index contributed by atoms with van der Waals surface area (Å²) in [5.41, 5.74) is 5.48. The lowest BCUT2D eigenvalue weighted by atomic mass is 10.1. The Morgan fingerprint density at radius 2 is 1.77 bits per heavy atom. The third-order valence-electron chi connectivity index (χ3n) is 4.06. The molecule has 7 heteroatoms. The van der Waals surface area contributed by atoms with Crippen molar-refractivity contribution in [3.8, 4) is 6.07 Å². The maximum absolute atomic E-state index is 12.8. The lowest BCUT2D eigenvalue weighted by molar-refractivity contribution is 0.103. The lowest BCUT2D eigenvalue weighted by Crippen LogP contribution is -2.25. The number of rotatable bonds is 2. The number of hydrogen-bond donors (Lipinski definition) is 1. The number of para-hydroxylation sites is 1. The zero-order valence-electron chi connectivity index (χ0n) is 13.4. The highest BCUT2D eigenvalue weighted by Gasteiger charge is 2.22. The van der Waals surface area contributed by atoms with Crippen LogP contribution in [-0.4, -0.2) is 20.4 Å². The molecule has 0 fully saturated rings. The van der Waals surface area contributed by atoms with Crippen molar-refractivity contribution >= 4 is 28.2 Å². The first-order valence-corrected chi connectivity index (χ1v) is 7.73. The summed E-state index contributed by atoms with van der Waals surface area (Å²) in [4.78, 5) is 29.6. The molecule has 2 aromatic carbocycles. The molecule has 0 aliphatic heterocycles. The maximum atomic E-state index is 12.8. The normalized spacial score (nSPS) is 10.7. The average Bonchev–Trinajstić information content (AvgIpc) is 2.68. The van der Waals surface area contributed by atoms with Gasteiger partial charge < -0.3 is 5.73 Å². The minimum Gasteiger partial charge on any atom is -0.383 e.